The van der Waals surface area contributed by atoms with Crippen LogP contribution in [-0.2, 0) is 17.9 Å². The lowest BCUT2D eigenvalue weighted by molar-refractivity contribution is -0.116. The Hall–Kier alpha value is -3.68. The topological polar surface area (TPSA) is 68.9 Å². The minimum atomic E-state index is -0.646. The number of carbonyl (C=O) groups is 1. The lowest BCUT2D eigenvalue weighted by Crippen LogP contribution is -2.25. The van der Waals surface area contributed by atoms with Gasteiger partial charge in [0.05, 0.1) is 24.1 Å². The molecule has 0 saturated heterocycles. The first kappa shape index (κ1) is 22.1. The Bertz CT molecular complexity index is 1630. The van der Waals surface area contributed by atoms with Crippen molar-refractivity contribution in [2.75, 3.05) is 5.32 Å². The molecule has 5 rings (SSSR count). The van der Waals surface area contributed by atoms with Crippen molar-refractivity contribution in [2.24, 2.45) is 0 Å². The Labute approximate surface area is 203 Å². The van der Waals surface area contributed by atoms with Crippen LogP contribution in [0.15, 0.2) is 77.9 Å². The SMILES string of the molecule is O=C(Cn1c2ccccc2c2ncn(Cc3ccccc3Cl)c(=O)c21)Nc1ccc(Cl)cc1F. The minimum absolute atomic E-state index is 0.00410. The van der Waals surface area contributed by atoms with Gasteiger partial charge in [-0.3, -0.25) is 14.2 Å². The molecule has 2 aromatic heterocycles. The third kappa shape index (κ3) is 4.04. The lowest BCUT2D eigenvalue weighted by Gasteiger charge is -2.11. The van der Waals surface area contributed by atoms with Gasteiger partial charge in [0.25, 0.3) is 5.56 Å². The number of nitrogens with zero attached hydrogens (tertiary/aromatic N) is 3. The van der Waals surface area contributed by atoms with Gasteiger partial charge in [-0.2, -0.15) is 0 Å². The lowest BCUT2D eigenvalue weighted by atomic mass is 10.2. The molecule has 0 aliphatic rings. The molecule has 5 aromatic rings. The van der Waals surface area contributed by atoms with E-state index in [1.165, 1.54) is 23.0 Å². The van der Waals surface area contributed by atoms with E-state index in [2.05, 4.69) is 10.3 Å². The normalized spacial score (nSPS) is 11.3. The highest BCUT2D eigenvalue weighted by Crippen LogP contribution is 2.26. The standard InChI is InChI=1S/C25H17Cl2FN4O2/c26-16-9-10-20(19(28)11-16)30-22(33)13-32-21-8-4-2-6-17(21)23-24(32)25(34)31(14-29-23)12-15-5-1-3-7-18(15)27/h1-11,14H,12-13H2,(H,30,33). The summed E-state index contributed by atoms with van der Waals surface area (Å²) < 4.78 is 17.2. The van der Waals surface area contributed by atoms with Gasteiger partial charge in [-0.1, -0.05) is 59.6 Å². The highest BCUT2D eigenvalue weighted by atomic mass is 35.5. The Kier molecular flexibility index (Phi) is 5.81. The second-order valence-corrected chi connectivity index (χ2v) is 8.59. The molecule has 0 aliphatic carbocycles. The van der Waals surface area contributed by atoms with Crippen LogP contribution >= 0.6 is 23.2 Å². The number of amides is 1. The van der Waals surface area contributed by atoms with E-state index in [0.717, 1.165) is 17.0 Å². The van der Waals surface area contributed by atoms with Gasteiger partial charge < -0.3 is 9.88 Å². The highest BCUT2D eigenvalue weighted by molar-refractivity contribution is 6.31. The Morgan fingerprint density at radius 2 is 1.79 bits per heavy atom. The molecule has 0 radical (unpaired) electrons. The summed E-state index contributed by atoms with van der Waals surface area (Å²) in [5.74, 6) is -1.14. The largest absolute Gasteiger partial charge is 0.325 e. The summed E-state index contributed by atoms with van der Waals surface area (Å²) in [6.07, 6.45) is 1.48. The highest BCUT2D eigenvalue weighted by Gasteiger charge is 2.19. The summed E-state index contributed by atoms with van der Waals surface area (Å²) in [5, 5.41) is 4.05. The van der Waals surface area contributed by atoms with Gasteiger partial charge in [0.2, 0.25) is 5.91 Å². The van der Waals surface area contributed by atoms with Crippen LogP contribution in [0.4, 0.5) is 10.1 Å². The van der Waals surface area contributed by atoms with Crippen LogP contribution in [0.25, 0.3) is 21.9 Å². The molecule has 2 heterocycles. The maximum atomic E-state index is 14.2. The minimum Gasteiger partial charge on any atom is -0.325 e. The van der Waals surface area contributed by atoms with Gasteiger partial charge >= 0.3 is 0 Å². The van der Waals surface area contributed by atoms with Crippen molar-refractivity contribution in [3.63, 3.8) is 0 Å². The fourth-order valence-corrected chi connectivity index (χ4v) is 4.31. The molecule has 0 atom stereocenters. The van der Waals surface area contributed by atoms with Crippen LogP contribution in [0.5, 0.6) is 0 Å². The number of carbonyl (C=O) groups excluding carboxylic acids is 1. The van der Waals surface area contributed by atoms with Crippen molar-refractivity contribution < 1.29 is 9.18 Å². The van der Waals surface area contributed by atoms with E-state index < -0.39 is 11.7 Å². The number of para-hydroxylation sites is 1. The smallest absolute Gasteiger partial charge is 0.278 e. The number of rotatable bonds is 5. The monoisotopic (exact) mass is 494 g/mol. The van der Waals surface area contributed by atoms with Crippen molar-refractivity contribution >= 4 is 56.7 Å². The van der Waals surface area contributed by atoms with Gasteiger partial charge in [0, 0.05) is 15.4 Å². The van der Waals surface area contributed by atoms with E-state index in [-0.39, 0.29) is 34.9 Å². The van der Waals surface area contributed by atoms with E-state index in [0.29, 0.717) is 16.1 Å². The molecule has 0 aliphatic heterocycles. The summed E-state index contributed by atoms with van der Waals surface area (Å²) in [6.45, 7) is 0.0181. The van der Waals surface area contributed by atoms with E-state index >= 15 is 0 Å². The number of anilines is 1. The van der Waals surface area contributed by atoms with Crippen LogP contribution < -0.4 is 10.9 Å². The summed E-state index contributed by atoms with van der Waals surface area (Å²) in [7, 11) is 0. The number of hydrogen-bond acceptors (Lipinski definition) is 3. The molecular weight excluding hydrogens is 478 g/mol. The van der Waals surface area contributed by atoms with Crippen molar-refractivity contribution in [2.45, 2.75) is 13.1 Å². The number of hydrogen-bond donors (Lipinski definition) is 1. The predicted octanol–water partition coefficient (Wildman–Crippen LogP) is 5.48. The summed E-state index contributed by atoms with van der Waals surface area (Å²) >= 11 is 12.1. The van der Waals surface area contributed by atoms with Crippen LogP contribution in [0.2, 0.25) is 10.0 Å². The van der Waals surface area contributed by atoms with Crippen LogP contribution in [0.3, 0.4) is 0 Å². The fraction of sp³-hybridized carbons (Fsp3) is 0.0800. The van der Waals surface area contributed by atoms with Gasteiger partial charge in [-0.15, -0.1) is 0 Å². The van der Waals surface area contributed by atoms with E-state index in [4.69, 9.17) is 23.2 Å². The van der Waals surface area contributed by atoms with Crippen molar-refractivity contribution in [1.82, 2.24) is 14.1 Å². The second-order valence-electron chi connectivity index (χ2n) is 7.74. The Balaban J connectivity index is 1.58. The average Bonchev–Trinajstić information content (AvgIpc) is 3.13. The van der Waals surface area contributed by atoms with E-state index in [1.54, 1.807) is 10.6 Å². The first-order valence-electron chi connectivity index (χ1n) is 10.4. The first-order valence-corrected chi connectivity index (χ1v) is 11.1. The zero-order chi connectivity index (χ0) is 23.8. The predicted molar refractivity (Wildman–Crippen MR) is 132 cm³/mol. The molecular formula is C25H17Cl2FN4O2. The molecule has 34 heavy (non-hydrogen) atoms. The Morgan fingerprint density at radius 3 is 2.59 bits per heavy atom. The zero-order valence-electron chi connectivity index (χ0n) is 17.6. The third-order valence-corrected chi connectivity index (χ3v) is 6.14. The average molecular weight is 495 g/mol. The number of nitrogens with one attached hydrogen (secondary N) is 1. The maximum absolute atomic E-state index is 14.2. The number of benzene rings is 3. The summed E-state index contributed by atoms with van der Waals surface area (Å²) in [5.41, 5.74) is 1.90. The molecule has 0 fully saturated rings. The van der Waals surface area contributed by atoms with E-state index in [9.17, 15) is 14.0 Å². The summed E-state index contributed by atoms with van der Waals surface area (Å²) in [4.78, 5) is 30.9. The molecule has 1 N–H and O–H groups in total. The molecule has 3 aromatic carbocycles. The molecule has 170 valence electrons. The molecule has 6 nitrogen and oxygen atoms in total. The molecule has 1 amide bonds. The Morgan fingerprint density at radius 1 is 1.03 bits per heavy atom. The van der Waals surface area contributed by atoms with Crippen LogP contribution in [0, 0.1) is 5.82 Å². The third-order valence-electron chi connectivity index (χ3n) is 5.54. The van der Waals surface area contributed by atoms with Gasteiger partial charge in [0.15, 0.2) is 0 Å². The number of fused-ring (bicyclic) bond motifs is 3. The molecule has 0 unspecified atom stereocenters. The van der Waals surface area contributed by atoms with Crippen molar-refractivity contribution in [3.05, 3.63) is 105 Å². The van der Waals surface area contributed by atoms with Gasteiger partial charge in [-0.25, -0.2) is 9.37 Å². The van der Waals surface area contributed by atoms with Crippen LogP contribution in [-0.4, -0.2) is 20.0 Å². The van der Waals surface area contributed by atoms with Gasteiger partial charge in [0.1, 0.15) is 23.4 Å². The van der Waals surface area contributed by atoms with Crippen LogP contribution in [0.1, 0.15) is 5.56 Å². The fourth-order valence-electron chi connectivity index (χ4n) is 3.96. The molecule has 0 saturated carbocycles. The van der Waals surface area contributed by atoms with Gasteiger partial charge in [-0.05, 0) is 35.9 Å². The molecule has 0 bridgehead atoms. The number of halogens is 3. The van der Waals surface area contributed by atoms with Crippen molar-refractivity contribution in [3.8, 4) is 0 Å². The van der Waals surface area contributed by atoms with E-state index in [1.807, 2.05) is 42.5 Å². The second kappa shape index (κ2) is 8.93. The zero-order valence-corrected chi connectivity index (χ0v) is 19.1. The number of aromatic nitrogens is 3. The summed E-state index contributed by atoms with van der Waals surface area (Å²) in [6, 6.07) is 18.6. The quantitative estimate of drug-likeness (QED) is 0.351. The molecule has 0 spiro atoms. The van der Waals surface area contributed by atoms with Crippen molar-refractivity contribution in [1.29, 1.82) is 0 Å². The molecule has 9 heteroatoms. The maximum Gasteiger partial charge on any atom is 0.278 e. The first-order chi connectivity index (χ1) is 16.4.